The van der Waals surface area contributed by atoms with E-state index in [9.17, 15) is 8.78 Å². The molecule has 70 valence electrons. The van der Waals surface area contributed by atoms with E-state index in [1.54, 1.807) is 12.1 Å². The fourth-order valence-electron chi connectivity index (χ4n) is 1.03. The van der Waals surface area contributed by atoms with E-state index < -0.39 is 17.6 Å². The molecule has 0 aliphatic rings. The van der Waals surface area contributed by atoms with Crippen molar-refractivity contribution in [2.24, 2.45) is 5.92 Å². The maximum atomic E-state index is 13.0. The Morgan fingerprint density at radius 1 is 1.21 bits per heavy atom. The van der Waals surface area contributed by atoms with E-state index in [0.29, 0.717) is 0 Å². The summed E-state index contributed by atoms with van der Waals surface area (Å²) in [6, 6.07) is 6.52. The van der Waals surface area contributed by atoms with E-state index >= 15 is 0 Å². The van der Waals surface area contributed by atoms with Gasteiger partial charge in [-0.3, -0.25) is 0 Å². The summed E-state index contributed by atoms with van der Waals surface area (Å²) in [5.41, 5.74) is 0.180. The standard InChI is InChI=1S/C10H6F2N2/c11-9-2-1-8(10(12)4-9)3-7(5-13)6-14/h1-2,4,7H,3H2. The number of hydrogen-bond acceptors (Lipinski definition) is 2. The molecule has 0 saturated carbocycles. The minimum Gasteiger partial charge on any atom is -0.207 e. The van der Waals surface area contributed by atoms with E-state index in [2.05, 4.69) is 0 Å². The first-order valence-electron chi connectivity index (χ1n) is 3.90. The lowest BCUT2D eigenvalue weighted by atomic mass is 10.0. The van der Waals surface area contributed by atoms with Gasteiger partial charge in [0.25, 0.3) is 0 Å². The van der Waals surface area contributed by atoms with E-state index in [1.807, 2.05) is 0 Å². The molecule has 0 atom stereocenters. The molecule has 0 radical (unpaired) electrons. The molecule has 0 bridgehead atoms. The summed E-state index contributed by atoms with van der Waals surface area (Å²) in [7, 11) is 0. The van der Waals surface area contributed by atoms with Crippen molar-refractivity contribution in [1.82, 2.24) is 0 Å². The molecular weight excluding hydrogens is 186 g/mol. The molecule has 0 heterocycles. The molecule has 0 spiro atoms. The number of rotatable bonds is 2. The van der Waals surface area contributed by atoms with Gasteiger partial charge in [0.05, 0.1) is 12.1 Å². The fraction of sp³-hybridized carbons (Fsp3) is 0.200. The maximum absolute atomic E-state index is 13.0. The Labute approximate surface area is 80.0 Å². The topological polar surface area (TPSA) is 47.6 Å². The Hall–Kier alpha value is -1.94. The number of benzene rings is 1. The van der Waals surface area contributed by atoms with E-state index in [4.69, 9.17) is 10.5 Å². The second-order valence-electron chi connectivity index (χ2n) is 2.75. The first kappa shape index (κ1) is 10.1. The van der Waals surface area contributed by atoms with Gasteiger partial charge in [0, 0.05) is 12.5 Å². The van der Waals surface area contributed by atoms with Crippen LogP contribution in [0.5, 0.6) is 0 Å². The number of nitrogens with zero attached hydrogens (tertiary/aromatic N) is 2. The number of nitriles is 2. The van der Waals surface area contributed by atoms with Crippen LogP contribution in [-0.4, -0.2) is 0 Å². The first-order chi connectivity index (χ1) is 6.67. The molecule has 1 rings (SSSR count). The zero-order valence-electron chi connectivity index (χ0n) is 7.17. The monoisotopic (exact) mass is 192 g/mol. The highest BCUT2D eigenvalue weighted by atomic mass is 19.1. The molecule has 0 aromatic heterocycles. The Morgan fingerprint density at radius 2 is 1.86 bits per heavy atom. The van der Waals surface area contributed by atoms with Crippen LogP contribution in [0.15, 0.2) is 18.2 Å². The van der Waals surface area contributed by atoms with Crippen LogP contribution >= 0.6 is 0 Å². The van der Waals surface area contributed by atoms with Gasteiger partial charge in [0.15, 0.2) is 0 Å². The SMILES string of the molecule is N#CC(C#N)Cc1ccc(F)cc1F. The Morgan fingerprint density at radius 3 is 2.36 bits per heavy atom. The Kier molecular flexibility index (Phi) is 3.14. The summed E-state index contributed by atoms with van der Waals surface area (Å²) >= 11 is 0. The van der Waals surface area contributed by atoms with Crippen LogP contribution in [0.1, 0.15) is 5.56 Å². The maximum Gasteiger partial charge on any atom is 0.137 e. The van der Waals surface area contributed by atoms with Crippen molar-refractivity contribution in [1.29, 1.82) is 10.5 Å². The molecule has 0 unspecified atom stereocenters. The molecule has 2 nitrogen and oxygen atoms in total. The molecule has 0 fully saturated rings. The summed E-state index contributed by atoms with van der Waals surface area (Å²) in [6.07, 6.45) is -0.0148. The zero-order chi connectivity index (χ0) is 10.6. The largest absolute Gasteiger partial charge is 0.207 e. The summed E-state index contributed by atoms with van der Waals surface area (Å²) in [5, 5.41) is 16.9. The van der Waals surface area contributed by atoms with Crippen LogP contribution in [-0.2, 0) is 6.42 Å². The Balaban J connectivity index is 2.89. The van der Waals surface area contributed by atoms with Crippen molar-refractivity contribution in [2.75, 3.05) is 0 Å². The molecular formula is C10H6F2N2. The van der Waals surface area contributed by atoms with E-state index in [-0.39, 0.29) is 12.0 Å². The highest BCUT2D eigenvalue weighted by Gasteiger charge is 2.10. The average molecular weight is 192 g/mol. The van der Waals surface area contributed by atoms with Crippen LogP contribution in [0.25, 0.3) is 0 Å². The number of hydrogen-bond donors (Lipinski definition) is 0. The van der Waals surface area contributed by atoms with Crippen LogP contribution in [0.3, 0.4) is 0 Å². The lowest BCUT2D eigenvalue weighted by Gasteiger charge is -2.02. The molecule has 14 heavy (non-hydrogen) atoms. The third-order valence-electron chi connectivity index (χ3n) is 1.75. The van der Waals surface area contributed by atoms with Crippen molar-refractivity contribution in [3.63, 3.8) is 0 Å². The van der Waals surface area contributed by atoms with Crippen LogP contribution in [0.4, 0.5) is 8.78 Å². The zero-order valence-corrected chi connectivity index (χ0v) is 7.17. The van der Waals surface area contributed by atoms with Gasteiger partial charge in [0.2, 0.25) is 0 Å². The molecule has 1 aromatic rings. The quantitative estimate of drug-likeness (QED) is 0.720. The second-order valence-corrected chi connectivity index (χ2v) is 2.75. The summed E-state index contributed by atoms with van der Waals surface area (Å²) < 4.78 is 25.5. The van der Waals surface area contributed by atoms with Crippen molar-refractivity contribution in [3.8, 4) is 12.1 Å². The van der Waals surface area contributed by atoms with Gasteiger partial charge < -0.3 is 0 Å². The predicted octanol–water partition coefficient (Wildman–Crippen LogP) is 2.17. The third kappa shape index (κ3) is 2.27. The predicted molar refractivity (Wildman–Crippen MR) is 44.8 cm³/mol. The van der Waals surface area contributed by atoms with Gasteiger partial charge in [-0.25, -0.2) is 8.78 Å². The molecule has 0 N–H and O–H groups in total. The average Bonchev–Trinajstić information content (AvgIpc) is 2.17. The minimum absolute atomic E-state index is 0.0148. The van der Waals surface area contributed by atoms with Gasteiger partial charge in [-0.1, -0.05) is 6.07 Å². The van der Waals surface area contributed by atoms with E-state index in [1.165, 1.54) is 6.07 Å². The van der Waals surface area contributed by atoms with Crippen molar-refractivity contribution < 1.29 is 8.78 Å². The van der Waals surface area contributed by atoms with Crippen LogP contribution in [0, 0.1) is 40.2 Å². The van der Waals surface area contributed by atoms with Gasteiger partial charge in [-0.2, -0.15) is 10.5 Å². The molecule has 0 aliphatic carbocycles. The lowest BCUT2D eigenvalue weighted by Crippen LogP contribution is -2.01. The Bertz CT molecular complexity index is 401. The second kappa shape index (κ2) is 4.34. The molecule has 1 aromatic carbocycles. The number of halogens is 2. The van der Waals surface area contributed by atoms with E-state index in [0.717, 1.165) is 12.1 Å². The smallest absolute Gasteiger partial charge is 0.137 e. The van der Waals surface area contributed by atoms with Crippen LogP contribution in [0.2, 0.25) is 0 Å². The van der Waals surface area contributed by atoms with Crippen LogP contribution < -0.4 is 0 Å². The minimum atomic E-state index is -0.894. The third-order valence-corrected chi connectivity index (χ3v) is 1.75. The highest BCUT2D eigenvalue weighted by molar-refractivity contribution is 5.21. The molecule has 0 aliphatic heterocycles. The summed E-state index contributed by atoms with van der Waals surface area (Å²) in [6.45, 7) is 0. The van der Waals surface area contributed by atoms with Gasteiger partial charge in [0.1, 0.15) is 17.6 Å². The normalized spacial score (nSPS) is 9.50. The van der Waals surface area contributed by atoms with Gasteiger partial charge in [-0.15, -0.1) is 0 Å². The highest BCUT2D eigenvalue weighted by Crippen LogP contribution is 2.13. The summed E-state index contributed by atoms with van der Waals surface area (Å²) in [4.78, 5) is 0. The molecule has 4 heteroatoms. The van der Waals surface area contributed by atoms with Crippen molar-refractivity contribution >= 4 is 0 Å². The van der Waals surface area contributed by atoms with Gasteiger partial charge in [-0.05, 0) is 11.6 Å². The van der Waals surface area contributed by atoms with Crippen molar-refractivity contribution in [3.05, 3.63) is 35.4 Å². The van der Waals surface area contributed by atoms with Gasteiger partial charge >= 0.3 is 0 Å². The lowest BCUT2D eigenvalue weighted by molar-refractivity contribution is 0.568. The fourth-order valence-corrected chi connectivity index (χ4v) is 1.03. The first-order valence-corrected chi connectivity index (χ1v) is 3.90. The molecule has 0 saturated heterocycles. The molecule has 0 amide bonds. The van der Waals surface area contributed by atoms with Crippen molar-refractivity contribution in [2.45, 2.75) is 6.42 Å². The summed E-state index contributed by atoms with van der Waals surface area (Å²) in [5.74, 6) is -2.29.